The van der Waals surface area contributed by atoms with Crippen molar-refractivity contribution in [1.82, 2.24) is 9.71 Å². The van der Waals surface area contributed by atoms with Crippen LogP contribution < -0.4 is 4.72 Å². The highest BCUT2D eigenvalue weighted by atomic mass is 32.2. The van der Waals surface area contributed by atoms with Crippen molar-refractivity contribution in [1.29, 1.82) is 0 Å². The minimum absolute atomic E-state index is 0.0158. The molecule has 1 heterocycles. The molecule has 7 heteroatoms. The number of hydrogen-bond acceptors (Lipinski definition) is 5. The highest BCUT2D eigenvalue weighted by Gasteiger charge is 2.36. The normalized spacial score (nSPS) is 19.7. The Morgan fingerprint density at radius 3 is 2.83 bits per heavy atom. The predicted molar refractivity (Wildman–Crippen MR) is 71.0 cm³/mol. The van der Waals surface area contributed by atoms with E-state index in [4.69, 9.17) is 4.74 Å². The molecule has 0 radical (unpaired) electrons. The first-order valence-corrected chi connectivity index (χ1v) is 8.47. The zero-order valence-corrected chi connectivity index (χ0v) is 12.1. The van der Waals surface area contributed by atoms with Crippen LogP contribution in [0.4, 0.5) is 0 Å². The van der Waals surface area contributed by atoms with E-state index in [2.05, 4.69) is 9.71 Å². The van der Waals surface area contributed by atoms with Gasteiger partial charge in [-0.1, -0.05) is 0 Å². The number of nitrogens with one attached hydrogen (secondary N) is 1. The van der Waals surface area contributed by atoms with E-state index in [-0.39, 0.29) is 17.9 Å². The number of hydrogen-bond donors (Lipinski definition) is 1. The van der Waals surface area contributed by atoms with E-state index < -0.39 is 10.0 Å². The number of nitrogens with zero attached hydrogens (tertiary/aromatic N) is 1. The van der Waals surface area contributed by atoms with Crippen LogP contribution in [0.5, 0.6) is 0 Å². The molecule has 0 bridgehead atoms. The lowest BCUT2D eigenvalue weighted by atomic mass is 10.2. The van der Waals surface area contributed by atoms with Crippen LogP contribution in [0.3, 0.4) is 0 Å². The Hall–Kier alpha value is -0.500. The van der Waals surface area contributed by atoms with Gasteiger partial charge in [-0.25, -0.2) is 18.1 Å². The Morgan fingerprint density at radius 1 is 1.61 bits per heavy atom. The quantitative estimate of drug-likeness (QED) is 0.827. The molecule has 0 saturated heterocycles. The summed E-state index contributed by atoms with van der Waals surface area (Å²) in [7, 11) is -1.82. The zero-order chi connectivity index (χ0) is 13.2. The lowest BCUT2D eigenvalue weighted by Crippen LogP contribution is -2.35. The van der Waals surface area contributed by atoms with E-state index in [1.807, 2.05) is 5.38 Å². The summed E-state index contributed by atoms with van der Waals surface area (Å²) in [5.41, 5.74) is 0. The van der Waals surface area contributed by atoms with Crippen molar-refractivity contribution >= 4 is 21.4 Å². The van der Waals surface area contributed by atoms with Crippen molar-refractivity contribution < 1.29 is 13.2 Å². The molecule has 2 rings (SSSR count). The molecule has 0 aliphatic heterocycles. The Labute approximate surface area is 112 Å². The first-order chi connectivity index (χ1) is 8.52. The van der Waals surface area contributed by atoms with Crippen molar-refractivity contribution in [2.24, 2.45) is 5.92 Å². The second kappa shape index (κ2) is 5.64. The number of thiazole rings is 1. The van der Waals surface area contributed by atoms with Crippen LogP contribution in [-0.2, 0) is 14.8 Å². The van der Waals surface area contributed by atoms with E-state index in [1.54, 1.807) is 13.1 Å². The van der Waals surface area contributed by atoms with Crippen LogP contribution in [0, 0.1) is 5.92 Å². The lowest BCUT2D eigenvalue weighted by molar-refractivity contribution is 0.136. The number of aromatic nitrogens is 1. The van der Waals surface area contributed by atoms with Gasteiger partial charge in [0.1, 0.15) is 5.01 Å². The maximum absolute atomic E-state index is 12.0. The van der Waals surface area contributed by atoms with Crippen LogP contribution in [0.25, 0.3) is 0 Å². The van der Waals surface area contributed by atoms with Gasteiger partial charge < -0.3 is 4.74 Å². The fourth-order valence-electron chi connectivity index (χ4n) is 1.78. The molecule has 1 N–H and O–H groups in total. The monoisotopic (exact) mass is 290 g/mol. The third kappa shape index (κ3) is 3.74. The molecule has 102 valence electrons. The summed E-state index contributed by atoms with van der Waals surface area (Å²) in [4.78, 5) is 4.22. The van der Waals surface area contributed by atoms with E-state index in [0.29, 0.717) is 5.92 Å². The second-order valence-corrected chi connectivity index (χ2v) is 7.36. The third-order valence-electron chi connectivity index (χ3n) is 2.97. The summed E-state index contributed by atoms with van der Waals surface area (Å²) in [6.45, 7) is 1.74. The minimum atomic E-state index is -3.33. The molecular formula is C11H18N2O3S2. The third-order valence-corrected chi connectivity index (χ3v) is 5.35. The minimum Gasteiger partial charge on any atom is -0.381 e. The lowest BCUT2D eigenvalue weighted by Gasteiger charge is -2.17. The summed E-state index contributed by atoms with van der Waals surface area (Å²) < 4.78 is 31.8. The van der Waals surface area contributed by atoms with Crippen molar-refractivity contribution in [2.75, 3.05) is 12.9 Å². The van der Waals surface area contributed by atoms with Crippen molar-refractivity contribution in [3.63, 3.8) is 0 Å². The average molecular weight is 290 g/mol. The molecular weight excluding hydrogens is 272 g/mol. The summed E-state index contributed by atoms with van der Waals surface area (Å²) in [5, 5.41) is 2.72. The summed E-state index contributed by atoms with van der Waals surface area (Å²) >= 11 is 1.50. The summed E-state index contributed by atoms with van der Waals surface area (Å²) in [5.74, 6) is 0.377. The van der Waals surface area contributed by atoms with Gasteiger partial charge in [0.2, 0.25) is 10.0 Å². The maximum atomic E-state index is 12.0. The molecule has 1 aliphatic carbocycles. The fraction of sp³-hybridized carbons (Fsp3) is 0.727. The molecule has 0 spiro atoms. The van der Waals surface area contributed by atoms with Crippen molar-refractivity contribution in [2.45, 2.75) is 31.9 Å². The Kier molecular flexibility index (Phi) is 4.37. The van der Waals surface area contributed by atoms with Gasteiger partial charge in [0.25, 0.3) is 0 Å². The molecule has 1 aliphatic rings. The Balaban J connectivity index is 2.05. The van der Waals surface area contributed by atoms with Gasteiger partial charge in [-0.15, -0.1) is 11.3 Å². The van der Waals surface area contributed by atoms with Crippen LogP contribution in [0.1, 0.15) is 30.8 Å². The van der Waals surface area contributed by atoms with Crippen LogP contribution in [-0.4, -0.2) is 32.4 Å². The topological polar surface area (TPSA) is 68.3 Å². The van der Waals surface area contributed by atoms with Crippen LogP contribution in [0.2, 0.25) is 0 Å². The number of methoxy groups -OCH3 is 1. The van der Waals surface area contributed by atoms with Gasteiger partial charge >= 0.3 is 0 Å². The highest BCUT2D eigenvalue weighted by Crippen LogP contribution is 2.41. The average Bonchev–Trinajstić information content (AvgIpc) is 3.00. The number of rotatable bonds is 7. The molecule has 1 saturated carbocycles. The van der Waals surface area contributed by atoms with Crippen molar-refractivity contribution in [3.8, 4) is 0 Å². The predicted octanol–water partition coefficient (Wildman–Crippen LogP) is 1.55. The molecule has 5 nitrogen and oxygen atoms in total. The molecule has 0 unspecified atom stereocenters. The van der Waals surface area contributed by atoms with Gasteiger partial charge in [-0.05, 0) is 25.7 Å². The Bertz CT molecular complexity index is 468. The van der Waals surface area contributed by atoms with Gasteiger partial charge in [0, 0.05) is 18.7 Å². The smallest absolute Gasteiger partial charge is 0.214 e. The van der Waals surface area contributed by atoms with E-state index in [9.17, 15) is 8.42 Å². The summed E-state index contributed by atoms with van der Waals surface area (Å²) in [6, 6.07) is -0.168. The molecule has 18 heavy (non-hydrogen) atoms. The highest BCUT2D eigenvalue weighted by molar-refractivity contribution is 7.89. The van der Waals surface area contributed by atoms with Gasteiger partial charge in [-0.3, -0.25) is 0 Å². The van der Waals surface area contributed by atoms with E-state index >= 15 is 0 Å². The van der Waals surface area contributed by atoms with Gasteiger partial charge in [0.15, 0.2) is 0 Å². The van der Waals surface area contributed by atoms with Crippen LogP contribution >= 0.6 is 11.3 Å². The van der Waals surface area contributed by atoms with Gasteiger partial charge in [-0.2, -0.15) is 0 Å². The fourth-order valence-corrected chi connectivity index (χ4v) is 4.18. The largest absolute Gasteiger partial charge is 0.381 e. The molecule has 0 aromatic carbocycles. The summed E-state index contributed by atoms with van der Waals surface area (Å²) in [6.07, 6.45) is 3.53. The maximum Gasteiger partial charge on any atom is 0.214 e. The number of ether oxygens (including phenoxy) is 1. The van der Waals surface area contributed by atoms with Gasteiger partial charge in [0.05, 0.1) is 17.9 Å². The zero-order valence-electron chi connectivity index (χ0n) is 10.5. The first kappa shape index (κ1) is 13.9. The van der Waals surface area contributed by atoms with E-state index in [1.165, 1.54) is 18.4 Å². The Morgan fingerprint density at radius 2 is 2.33 bits per heavy atom. The standard InChI is InChI=1S/C11H18N2O3S2/c1-8(16-2)7-18(14,15)13-10(9-3-4-9)11-12-5-6-17-11/h5-6,8-10,13H,3-4,7H2,1-2H3/t8-,10-/m0/s1. The molecule has 1 fully saturated rings. The number of sulfonamides is 1. The first-order valence-electron chi connectivity index (χ1n) is 5.94. The van der Waals surface area contributed by atoms with Crippen molar-refractivity contribution in [3.05, 3.63) is 16.6 Å². The molecule has 1 aromatic rings. The molecule has 0 amide bonds. The second-order valence-electron chi connectivity index (χ2n) is 4.63. The SMILES string of the molecule is CO[C@@H](C)CS(=O)(=O)N[C@H](c1nccs1)C1CC1. The molecule has 1 aromatic heterocycles. The molecule has 2 atom stereocenters. The van der Waals surface area contributed by atoms with Crippen LogP contribution in [0.15, 0.2) is 11.6 Å². The van der Waals surface area contributed by atoms with E-state index in [0.717, 1.165) is 17.8 Å².